The number of aryl methyl sites for hydroxylation is 1. The molecular weight excluding hydrogens is 462 g/mol. The molecule has 0 saturated carbocycles. The molecule has 1 atom stereocenters. The molecule has 0 spiro atoms. The minimum absolute atomic E-state index is 0.0680. The highest BCUT2D eigenvalue weighted by molar-refractivity contribution is 9.10. The summed E-state index contributed by atoms with van der Waals surface area (Å²) in [7, 11) is 1.59. The number of aromatic nitrogens is 2. The molecule has 7 nitrogen and oxygen atoms in total. The van der Waals surface area contributed by atoms with Crippen LogP contribution in [0.25, 0.3) is 11.4 Å². The van der Waals surface area contributed by atoms with E-state index in [1.807, 2.05) is 42.5 Å². The Kier molecular flexibility index (Phi) is 5.93. The van der Waals surface area contributed by atoms with E-state index in [9.17, 15) is 14.7 Å². The second-order valence-electron chi connectivity index (χ2n) is 7.37. The maximum Gasteiger partial charge on any atom is 0.295 e. The van der Waals surface area contributed by atoms with Crippen molar-refractivity contribution in [1.29, 1.82) is 0 Å². The van der Waals surface area contributed by atoms with Crippen LogP contribution in [-0.2, 0) is 14.3 Å². The first-order valence-electron chi connectivity index (χ1n) is 9.91. The lowest BCUT2D eigenvalue weighted by Gasteiger charge is -2.25. The van der Waals surface area contributed by atoms with Crippen LogP contribution in [0, 0.1) is 6.92 Å². The number of ketones is 1. The summed E-state index contributed by atoms with van der Waals surface area (Å²) in [4.78, 5) is 32.0. The summed E-state index contributed by atoms with van der Waals surface area (Å²) in [5.41, 5.74) is 2.44. The minimum atomic E-state index is -0.701. The molecule has 1 aliphatic rings. The number of rotatable bonds is 6. The Balaban J connectivity index is 1.90. The number of pyridine rings is 1. The molecule has 1 aromatic carbocycles. The lowest BCUT2D eigenvalue weighted by atomic mass is 9.96. The molecule has 8 heteroatoms. The quantitative estimate of drug-likeness (QED) is 0.249. The van der Waals surface area contributed by atoms with Crippen LogP contribution >= 0.6 is 15.9 Å². The molecule has 31 heavy (non-hydrogen) atoms. The molecular formula is C23H22BrN3O4. The number of methoxy groups -OCH3 is 1. The van der Waals surface area contributed by atoms with Crippen LogP contribution in [0.4, 0.5) is 0 Å². The standard InChI is InChI=1S/C23H22BrN3O4/c1-14-19(26-11-4-3-6-17(26)25-14)21(28)18-20(15-7-9-16(24)10-8-15)27(12-5-13-31-2)23(30)22(18)29/h3-4,6-11,20,28H,5,12-13H2,1-2H3/b21-18+. The van der Waals surface area contributed by atoms with Crippen molar-refractivity contribution < 1.29 is 19.4 Å². The Morgan fingerprint density at radius 2 is 1.94 bits per heavy atom. The van der Waals surface area contributed by atoms with E-state index in [0.717, 1.165) is 10.0 Å². The van der Waals surface area contributed by atoms with Gasteiger partial charge in [0.05, 0.1) is 17.3 Å². The highest BCUT2D eigenvalue weighted by Gasteiger charge is 2.46. The molecule has 1 unspecified atom stereocenters. The zero-order valence-electron chi connectivity index (χ0n) is 17.2. The predicted octanol–water partition coefficient (Wildman–Crippen LogP) is 3.86. The maximum absolute atomic E-state index is 13.1. The van der Waals surface area contributed by atoms with Crippen molar-refractivity contribution >= 4 is 39.0 Å². The molecule has 1 N–H and O–H groups in total. The number of fused-ring (bicyclic) bond motifs is 1. The molecule has 160 valence electrons. The second kappa shape index (κ2) is 8.64. The van der Waals surface area contributed by atoms with Gasteiger partial charge in [0.1, 0.15) is 11.3 Å². The summed E-state index contributed by atoms with van der Waals surface area (Å²) in [5, 5.41) is 11.3. The SMILES string of the molecule is COCCCN1C(=O)C(=O)/C(=C(/O)c2c(C)nc3ccccn23)C1c1ccc(Br)cc1. The third-order valence-corrected chi connectivity index (χ3v) is 5.93. The molecule has 0 bridgehead atoms. The van der Waals surface area contributed by atoms with E-state index in [1.54, 1.807) is 24.6 Å². The number of carbonyl (C=O) groups is 2. The zero-order valence-corrected chi connectivity index (χ0v) is 18.8. The fraction of sp³-hybridized carbons (Fsp3) is 0.261. The topological polar surface area (TPSA) is 84.1 Å². The third kappa shape index (κ3) is 3.77. The largest absolute Gasteiger partial charge is 0.505 e. The predicted molar refractivity (Wildman–Crippen MR) is 120 cm³/mol. The van der Waals surface area contributed by atoms with Gasteiger partial charge in [-0.1, -0.05) is 34.1 Å². The third-order valence-electron chi connectivity index (χ3n) is 5.40. The second-order valence-corrected chi connectivity index (χ2v) is 8.28. The van der Waals surface area contributed by atoms with Gasteiger partial charge in [0.15, 0.2) is 5.76 Å². The summed E-state index contributed by atoms with van der Waals surface area (Å²) < 4.78 is 7.72. The van der Waals surface area contributed by atoms with E-state index in [1.165, 1.54) is 4.90 Å². The Morgan fingerprint density at radius 1 is 1.19 bits per heavy atom. The molecule has 0 radical (unpaired) electrons. The fourth-order valence-corrected chi connectivity index (χ4v) is 4.27. The first-order valence-corrected chi connectivity index (χ1v) is 10.7. The Labute approximate surface area is 188 Å². The number of carbonyl (C=O) groups excluding carboxylic acids is 2. The number of aliphatic hydroxyl groups is 1. The van der Waals surface area contributed by atoms with E-state index in [2.05, 4.69) is 20.9 Å². The van der Waals surface area contributed by atoms with Crippen LogP contribution in [-0.4, -0.2) is 51.3 Å². The number of Topliss-reactive ketones (excluding diaryl/α,β-unsaturated/α-hetero) is 1. The van der Waals surface area contributed by atoms with Gasteiger partial charge in [0, 0.05) is 30.9 Å². The van der Waals surface area contributed by atoms with E-state index >= 15 is 0 Å². The number of hydrogen-bond acceptors (Lipinski definition) is 5. The number of hydrogen-bond donors (Lipinski definition) is 1. The number of benzene rings is 1. The van der Waals surface area contributed by atoms with Gasteiger partial charge in [-0.25, -0.2) is 4.98 Å². The van der Waals surface area contributed by atoms with Gasteiger partial charge in [-0.05, 0) is 43.2 Å². The fourth-order valence-electron chi connectivity index (χ4n) is 4.01. The highest BCUT2D eigenvalue weighted by Crippen LogP contribution is 2.40. The van der Waals surface area contributed by atoms with E-state index in [-0.39, 0.29) is 11.3 Å². The van der Waals surface area contributed by atoms with E-state index in [4.69, 9.17) is 4.74 Å². The van der Waals surface area contributed by atoms with Crippen LogP contribution in [0.3, 0.4) is 0 Å². The highest BCUT2D eigenvalue weighted by atomic mass is 79.9. The van der Waals surface area contributed by atoms with Crippen LogP contribution in [0.15, 0.2) is 58.7 Å². The van der Waals surface area contributed by atoms with E-state index in [0.29, 0.717) is 36.6 Å². The molecule has 2 aromatic heterocycles. The van der Waals surface area contributed by atoms with Gasteiger partial charge in [-0.3, -0.25) is 14.0 Å². The summed E-state index contributed by atoms with van der Waals surface area (Å²) in [6.07, 6.45) is 2.35. The average molecular weight is 484 g/mol. The van der Waals surface area contributed by atoms with Crippen LogP contribution in [0.2, 0.25) is 0 Å². The first-order chi connectivity index (χ1) is 14.9. The summed E-state index contributed by atoms with van der Waals surface area (Å²) in [6.45, 7) is 2.57. The molecule has 3 heterocycles. The zero-order chi connectivity index (χ0) is 22.1. The molecule has 1 saturated heterocycles. The molecule has 0 aliphatic carbocycles. The van der Waals surface area contributed by atoms with Gasteiger partial charge in [0.25, 0.3) is 11.7 Å². The molecule has 1 fully saturated rings. The average Bonchev–Trinajstić information content (AvgIpc) is 3.22. The normalized spacial score (nSPS) is 18.3. The summed E-state index contributed by atoms with van der Waals surface area (Å²) in [6, 6.07) is 12.2. The van der Waals surface area contributed by atoms with Gasteiger partial charge < -0.3 is 14.7 Å². The lowest BCUT2D eigenvalue weighted by Crippen LogP contribution is -2.31. The number of halogens is 1. The van der Waals surface area contributed by atoms with Crippen molar-refractivity contribution in [2.24, 2.45) is 0 Å². The Hall–Kier alpha value is -2.97. The van der Waals surface area contributed by atoms with Crippen molar-refractivity contribution in [2.45, 2.75) is 19.4 Å². The first kappa shape index (κ1) is 21.3. The van der Waals surface area contributed by atoms with Gasteiger partial charge >= 0.3 is 0 Å². The van der Waals surface area contributed by atoms with Crippen molar-refractivity contribution in [3.63, 3.8) is 0 Å². The minimum Gasteiger partial charge on any atom is -0.505 e. The van der Waals surface area contributed by atoms with Crippen LogP contribution < -0.4 is 0 Å². The summed E-state index contributed by atoms with van der Waals surface area (Å²) in [5.74, 6) is -1.55. The molecule has 3 aromatic rings. The van der Waals surface area contributed by atoms with Crippen molar-refractivity contribution in [1.82, 2.24) is 14.3 Å². The van der Waals surface area contributed by atoms with Crippen molar-refractivity contribution in [3.05, 3.63) is 75.7 Å². The Bertz CT molecular complexity index is 1180. The molecule has 1 aliphatic heterocycles. The number of amides is 1. The van der Waals surface area contributed by atoms with Gasteiger partial charge in [-0.15, -0.1) is 0 Å². The number of likely N-dealkylation sites (tertiary alicyclic amines) is 1. The number of nitrogens with zero attached hydrogens (tertiary/aromatic N) is 3. The monoisotopic (exact) mass is 483 g/mol. The number of imidazole rings is 1. The Morgan fingerprint density at radius 3 is 2.65 bits per heavy atom. The van der Waals surface area contributed by atoms with Gasteiger partial charge in [-0.2, -0.15) is 0 Å². The van der Waals surface area contributed by atoms with Crippen LogP contribution in [0.5, 0.6) is 0 Å². The molecule has 1 amide bonds. The smallest absolute Gasteiger partial charge is 0.295 e. The van der Waals surface area contributed by atoms with Crippen molar-refractivity contribution in [3.8, 4) is 0 Å². The number of aliphatic hydroxyl groups excluding tert-OH is 1. The van der Waals surface area contributed by atoms with E-state index < -0.39 is 17.7 Å². The summed E-state index contributed by atoms with van der Waals surface area (Å²) >= 11 is 3.42. The molecule has 4 rings (SSSR count). The van der Waals surface area contributed by atoms with Gasteiger partial charge in [0.2, 0.25) is 0 Å². The maximum atomic E-state index is 13.1. The van der Waals surface area contributed by atoms with Crippen LogP contribution in [0.1, 0.15) is 29.4 Å². The van der Waals surface area contributed by atoms with Crippen molar-refractivity contribution in [2.75, 3.05) is 20.3 Å². The number of ether oxygens (including phenoxy) is 1. The lowest BCUT2D eigenvalue weighted by molar-refractivity contribution is -0.140.